The third kappa shape index (κ3) is 5.35. The fraction of sp³-hybridized carbons (Fsp3) is 0.0698. The van der Waals surface area contributed by atoms with Crippen molar-refractivity contribution < 1.29 is 9.53 Å². The number of hydrogen-bond acceptors (Lipinski definition) is 5. The van der Waals surface area contributed by atoms with Crippen molar-refractivity contribution in [1.82, 2.24) is 24.1 Å². The first kappa shape index (κ1) is 30.7. The SMILES string of the molecule is CCOC(=O)c1ccc(-c2nn(C(c3ccccc3)(c3ccccc3)c3ccccc3)cc2-c2ccc3ncc(-c4ccccn4)n3c2)cc1. The fourth-order valence-corrected chi connectivity index (χ4v) is 6.73. The molecule has 0 unspecified atom stereocenters. The summed E-state index contributed by atoms with van der Waals surface area (Å²) in [4.78, 5) is 21.8. The third-order valence-corrected chi connectivity index (χ3v) is 9.05. The number of fused-ring (bicyclic) bond motifs is 1. The fourth-order valence-electron chi connectivity index (χ4n) is 6.73. The highest BCUT2D eigenvalue weighted by molar-refractivity contribution is 5.90. The molecule has 242 valence electrons. The van der Waals surface area contributed by atoms with E-state index in [4.69, 9.17) is 9.84 Å². The second kappa shape index (κ2) is 13.1. The third-order valence-electron chi connectivity index (χ3n) is 9.05. The van der Waals surface area contributed by atoms with Crippen LogP contribution in [-0.2, 0) is 10.3 Å². The van der Waals surface area contributed by atoms with Crippen LogP contribution >= 0.6 is 0 Å². The molecule has 0 aliphatic heterocycles. The average Bonchev–Trinajstić information content (AvgIpc) is 3.82. The van der Waals surface area contributed by atoms with Crippen molar-refractivity contribution in [2.45, 2.75) is 12.5 Å². The van der Waals surface area contributed by atoms with Gasteiger partial charge in [0.2, 0.25) is 0 Å². The van der Waals surface area contributed by atoms with Gasteiger partial charge in [-0.2, -0.15) is 5.10 Å². The zero-order valence-electron chi connectivity index (χ0n) is 27.4. The van der Waals surface area contributed by atoms with Crippen molar-refractivity contribution in [3.63, 3.8) is 0 Å². The van der Waals surface area contributed by atoms with Gasteiger partial charge in [-0.05, 0) is 60.0 Å². The Balaban J connectivity index is 1.41. The van der Waals surface area contributed by atoms with Crippen LogP contribution in [0.5, 0.6) is 0 Å². The van der Waals surface area contributed by atoms with E-state index in [0.29, 0.717) is 12.2 Å². The Morgan fingerprint density at radius 1 is 0.660 bits per heavy atom. The summed E-state index contributed by atoms with van der Waals surface area (Å²) in [5.74, 6) is -0.353. The molecule has 7 heteroatoms. The molecule has 4 heterocycles. The van der Waals surface area contributed by atoms with Crippen molar-refractivity contribution in [2.24, 2.45) is 0 Å². The van der Waals surface area contributed by atoms with Gasteiger partial charge >= 0.3 is 5.97 Å². The number of ether oxygens (including phenoxy) is 1. The van der Waals surface area contributed by atoms with E-state index in [0.717, 1.165) is 56.1 Å². The topological polar surface area (TPSA) is 74.3 Å². The molecular weight excluding hydrogens is 619 g/mol. The van der Waals surface area contributed by atoms with E-state index < -0.39 is 5.54 Å². The molecule has 0 fully saturated rings. The molecule has 0 saturated carbocycles. The van der Waals surface area contributed by atoms with Crippen LogP contribution in [0.1, 0.15) is 34.0 Å². The lowest BCUT2D eigenvalue weighted by molar-refractivity contribution is 0.0526. The van der Waals surface area contributed by atoms with Gasteiger partial charge in [0, 0.05) is 35.3 Å². The molecule has 4 aromatic carbocycles. The number of aromatic nitrogens is 5. The lowest BCUT2D eigenvalue weighted by Gasteiger charge is -2.36. The Hall–Kier alpha value is -6.60. The van der Waals surface area contributed by atoms with Crippen LogP contribution < -0.4 is 0 Å². The van der Waals surface area contributed by atoms with Crippen LogP contribution in [0.25, 0.3) is 39.4 Å². The molecule has 0 aliphatic carbocycles. The monoisotopic (exact) mass is 651 g/mol. The van der Waals surface area contributed by atoms with Gasteiger partial charge in [-0.15, -0.1) is 0 Å². The van der Waals surface area contributed by atoms with Crippen molar-refractivity contribution >= 4 is 11.6 Å². The number of carbonyl (C=O) groups is 1. The van der Waals surface area contributed by atoms with Crippen molar-refractivity contribution in [1.29, 1.82) is 0 Å². The molecule has 7 nitrogen and oxygen atoms in total. The first-order valence-electron chi connectivity index (χ1n) is 16.6. The van der Waals surface area contributed by atoms with Crippen LogP contribution in [0.4, 0.5) is 0 Å². The molecule has 4 aromatic heterocycles. The molecule has 0 amide bonds. The van der Waals surface area contributed by atoms with Crippen molar-refractivity contribution in [3.8, 4) is 33.8 Å². The molecule has 50 heavy (non-hydrogen) atoms. The predicted octanol–water partition coefficient (Wildman–Crippen LogP) is 8.94. The summed E-state index contributed by atoms with van der Waals surface area (Å²) in [7, 11) is 0. The molecule has 0 spiro atoms. The highest BCUT2D eigenvalue weighted by Gasteiger charge is 2.40. The second-order valence-corrected chi connectivity index (χ2v) is 11.9. The number of carbonyl (C=O) groups excluding carboxylic acids is 1. The minimum Gasteiger partial charge on any atom is -0.462 e. The lowest BCUT2D eigenvalue weighted by atomic mass is 9.77. The number of benzene rings is 4. The van der Waals surface area contributed by atoms with Crippen molar-refractivity contribution in [2.75, 3.05) is 6.61 Å². The van der Waals surface area contributed by atoms with Gasteiger partial charge < -0.3 is 4.74 Å². The molecule has 8 rings (SSSR count). The van der Waals surface area contributed by atoms with E-state index in [-0.39, 0.29) is 5.97 Å². The van der Waals surface area contributed by atoms with Crippen molar-refractivity contribution in [3.05, 3.63) is 193 Å². The summed E-state index contributed by atoms with van der Waals surface area (Å²) in [5.41, 5.74) is 8.92. The molecule has 0 radical (unpaired) electrons. The molecule has 0 aliphatic rings. The number of imidazole rings is 1. The summed E-state index contributed by atoms with van der Waals surface area (Å²) in [5, 5.41) is 5.48. The number of esters is 1. The van der Waals surface area contributed by atoms with Gasteiger partial charge in [0.05, 0.1) is 29.8 Å². The van der Waals surface area contributed by atoms with Crippen LogP contribution in [-0.4, -0.2) is 36.7 Å². The van der Waals surface area contributed by atoms with E-state index >= 15 is 0 Å². The molecule has 0 bridgehead atoms. The summed E-state index contributed by atoms with van der Waals surface area (Å²) in [6.07, 6.45) is 7.88. The Kier molecular flexibility index (Phi) is 8.07. The Labute approximate surface area is 290 Å². The van der Waals surface area contributed by atoms with Gasteiger partial charge in [-0.1, -0.05) is 109 Å². The van der Waals surface area contributed by atoms with Crippen LogP contribution in [0.2, 0.25) is 0 Å². The zero-order chi connectivity index (χ0) is 33.9. The number of nitrogens with zero attached hydrogens (tertiary/aromatic N) is 5. The van der Waals surface area contributed by atoms with Crippen LogP contribution in [0.3, 0.4) is 0 Å². The van der Waals surface area contributed by atoms with E-state index in [2.05, 4.69) is 110 Å². The van der Waals surface area contributed by atoms with Gasteiger partial charge in [0.25, 0.3) is 0 Å². The standard InChI is InChI=1S/C43H33N5O2/c1-2-50-42(49)32-23-21-31(22-24-32)41-37(33-25-26-40-45-28-39(47(40)29-33)38-20-12-13-27-44-38)30-48(46-41)43(34-14-6-3-7-15-34,35-16-8-4-9-17-35)36-18-10-5-11-19-36/h3-30H,2H2,1H3. The minimum absolute atomic E-state index is 0.312. The molecular formula is C43H33N5O2. The quantitative estimate of drug-likeness (QED) is 0.115. The summed E-state index contributed by atoms with van der Waals surface area (Å²) < 4.78 is 9.43. The lowest BCUT2D eigenvalue weighted by Crippen LogP contribution is -2.38. The van der Waals surface area contributed by atoms with E-state index in [9.17, 15) is 4.79 Å². The van der Waals surface area contributed by atoms with E-state index in [1.54, 1.807) is 25.3 Å². The Bertz CT molecular complexity index is 2290. The number of hydrogen-bond donors (Lipinski definition) is 0. The van der Waals surface area contributed by atoms with Crippen LogP contribution in [0.15, 0.2) is 170 Å². The molecule has 0 atom stereocenters. The van der Waals surface area contributed by atoms with E-state index in [1.807, 2.05) is 60.8 Å². The summed E-state index contributed by atoms with van der Waals surface area (Å²) >= 11 is 0. The Morgan fingerprint density at radius 3 is 1.84 bits per heavy atom. The summed E-state index contributed by atoms with van der Waals surface area (Å²) in [6.45, 7) is 2.12. The maximum Gasteiger partial charge on any atom is 0.338 e. The highest BCUT2D eigenvalue weighted by Crippen LogP contribution is 2.43. The molecule has 0 saturated heterocycles. The number of rotatable bonds is 9. The van der Waals surface area contributed by atoms with Gasteiger partial charge in [-0.25, -0.2) is 9.78 Å². The van der Waals surface area contributed by atoms with E-state index in [1.165, 1.54) is 0 Å². The first-order chi connectivity index (χ1) is 24.7. The normalized spacial score (nSPS) is 11.5. The van der Waals surface area contributed by atoms with Gasteiger partial charge in [0.1, 0.15) is 16.9 Å². The Morgan fingerprint density at radius 2 is 1.26 bits per heavy atom. The first-order valence-corrected chi connectivity index (χ1v) is 16.6. The van der Waals surface area contributed by atoms with Gasteiger partial charge in [0.15, 0.2) is 0 Å². The smallest absolute Gasteiger partial charge is 0.338 e. The second-order valence-electron chi connectivity index (χ2n) is 11.9. The maximum atomic E-state index is 12.6. The van der Waals surface area contributed by atoms with Gasteiger partial charge in [-0.3, -0.25) is 14.1 Å². The van der Waals surface area contributed by atoms with Crippen LogP contribution in [0, 0.1) is 0 Å². The zero-order valence-corrected chi connectivity index (χ0v) is 27.4. The maximum absolute atomic E-state index is 12.6. The minimum atomic E-state index is -0.820. The molecule has 0 N–H and O–H groups in total. The largest absolute Gasteiger partial charge is 0.462 e. The predicted molar refractivity (Wildman–Crippen MR) is 196 cm³/mol. The molecule has 8 aromatic rings. The summed E-state index contributed by atoms with van der Waals surface area (Å²) in [6, 6.07) is 48.9. The number of pyridine rings is 2. The highest BCUT2D eigenvalue weighted by atomic mass is 16.5. The average molecular weight is 652 g/mol.